The molecular weight excluding hydrogens is 883 g/mol. The summed E-state index contributed by atoms with van der Waals surface area (Å²) in [5, 5.41) is 2.97. The Balaban J connectivity index is 1.29. The Kier molecular flexibility index (Phi) is 29.9. The summed E-state index contributed by atoms with van der Waals surface area (Å²) < 4.78 is 24.4. The van der Waals surface area contributed by atoms with Crippen molar-refractivity contribution in [2.24, 2.45) is 5.73 Å². The number of rotatable bonds is 40. The molecule has 0 fully saturated rings. The largest absolute Gasteiger partial charge is 0.493 e. The Morgan fingerprint density at radius 1 is 0.535 bits per heavy atom. The predicted molar refractivity (Wildman–Crippen MR) is 294 cm³/mol. The van der Waals surface area contributed by atoms with Gasteiger partial charge in [-0.15, -0.1) is 0 Å². The zero-order valence-electron chi connectivity index (χ0n) is 44.8. The SMILES string of the molecule is CCCCCCCCCCCCCOc1cc(CN(CC(=O)NCCOCCOc2ccc(C(N)c3ccccc3)cc2)C(=O)c2cc(C)c(C)c(OCCCCCCCCCCCCC)c2)ccc1C. The highest BCUT2D eigenvalue weighted by molar-refractivity contribution is 5.97. The second-order valence-electron chi connectivity index (χ2n) is 19.7. The van der Waals surface area contributed by atoms with Crippen LogP contribution in [0.25, 0.3) is 0 Å². The van der Waals surface area contributed by atoms with Gasteiger partial charge in [0.25, 0.3) is 5.91 Å². The van der Waals surface area contributed by atoms with E-state index in [2.05, 4.69) is 26.1 Å². The van der Waals surface area contributed by atoms with E-state index < -0.39 is 0 Å². The Morgan fingerprint density at radius 2 is 1.07 bits per heavy atom. The Morgan fingerprint density at radius 3 is 1.65 bits per heavy atom. The molecular formula is C62H93N3O6. The average molecular weight is 976 g/mol. The quantitative estimate of drug-likeness (QED) is 0.0427. The number of benzene rings is 4. The number of hydrogen-bond acceptors (Lipinski definition) is 7. The van der Waals surface area contributed by atoms with Gasteiger partial charge >= 0.3 is 0 Å². The van der Waals surface area contributed by atoms with Crippen molar-refractivity contribution < 1.29 is 28.5 Å². The van der Waals surface area contributed by atoms with Crippen LogP contribution >= 0.6 is 0 Å². The summed E-state index contributed by atoms with van der Waals surface area (Å²) in [5.74, 6) is 1.79. The van der Waals surface area contributed by atoms with E-state index in [9.17, 15) is 9.59 Å². The fourth-order valence-electron chi connectivity index (χ4n) is 8.93. The zero-order chi connectivity index (χ0) is 50.7. The van der Waals surface area contributed by atoms with Crippen LogP contribution in [0.1, 0.15) is 205 Å². The summed E-state index contributed by atoms with van der Waals surface area (Å²) in [6.07, 6.45) is 28.1. The number of nitrogens with one attached hydrogen (secondary N) is 1. The standard InChI is InChI=1S/C62H93N3O6/c1-6-8-10-12-14-16-18-20-22-24-29-40-70-58-46-53(34-33-50(58)3)48-65(62(67)56-45-51(4)52(5)59(47-56)71-41-30-25-23-21-19-17-15-13-11-9-7-2)49-60(66)64-39-42-68-43-44-69-57-37-35-55(36-38-57)61(63)54-31-27-26-28-32-54/h26-28,31-38,45-47,61H,6-25,29-30,39-44,48-49,63H2,1-5H3,(H,64,66). The molecule has 0 radical (unpaired) electrons. The molecule has 0 aromatic heterocycles. The van der Waals surface area contributed by atoms with Gasteiger partial charge in [-0.1, -0.05) is 197 Å². The van der Waals surface area contributed by atoms with Crippen LogP contribution in [0.3, 0.4) is 0 Å². The molecule has 71 heavy (non-hydrogen) atoms. The van der Waals surface area contributed by atoms with E-state index in [1.165, 1.54) is 116 Å². The highest BCUT2D eigenvalue weighted by atomic mass is 16.5. The lowest BCUT2D eigenvalue weighted by atomic mass is 10.00. The first-order chi connectivity index (χ1) is 34.7. The predicted octanol–water partition coefficient (Wildman–Crippen LogP) is 14.9. The molecule has 0 saturated carbocycles. The number of carbonyl (C=O) groups excluding carboxylic acids is 2. The first kappa shape index (κ1) is 58.7. The zero-order valence-corrected chi connectivity index (χ0v) is 44.8. The summed E-state index contributed by atoms with van der Waals surface area (Å²) in [7, 11) is 0. The lowest BCUT2D eigenvalue weighted by molar-refractivity contribution is -0.122. The first-order valence-electron chi connectivity index (χ1n) is 27.8. The lowest BCUT2D eigenvalue weighted by Gasteiger charge is -2.24. The van der Waals surface area contributed by atoms with Crippen LogP contribution in [0, 0.1) is 20.8 Å². The fourth-order valence-corrected chi connectivity index (χ4v) is 8.93. The molecule has 0 aliphatic heterocycles. The van der Waals surface area contributed by atoms with Crippen molar-refractivity contribution >= 4 is 11.8 Å². The molecule has 0 saturated heterocycles. The summed E-state index contributed by atoms with van der Waals surface area (Å²) >= 11 is 0. The Hall–Kier alpha value is -4.86. The minimum atomic E-state index is -0.260. The molecule has 9 nitrogen and oxygen atoms in total. The van der Waals surface area contributed by atoms with E-state index in [0.29, 0.717) is 45.1 Å². The normalized spacial score (nSPS) is 11.6. The number of nitrogens with zero attached hydrogens (tertiary/aromatic N) is 1. The van der Waals surface area contributed by atoms with Crippen LogP contribution in [-0.2, 0) is 16.1 Å². The molecule has 4 aromatic carbocycles. The molecule has 9 heteroatoms. The molecule has 0 spiro atoms. The maximum Gasteiger partial charge on any atom is 0.254 e. The minimum Gasteiger partial charge on any atom is -0.493 e. The monoisotopic (exact) mass is 976 g/mol. The van der Waals surface area contributed by atoms with Gasteiger partial charge in [0.05, 0.1) is 32.5 Å². The third-order valence-corrected chi connectivity index (χ3v) is 13.6. The maximum absolute atomic E-state index is 14.5. The highest BCUT2D eigenvalue weighted by Gasteiger charge is 2.22. The van der Waals surface area contributed by atoms with Crippen LogP contribution in [0.4, 0.5) is 0 Å². The van der Waals surface area contributed by atoms with E-state index in [-0.39, 0.29) is 30.9 Å². The summed E-state index contributed by atoms with van der Waals surface area (Å²) in [4.78, 5) is 29.7. The number of amides is 2. The molecule has 1 unspecified atom stereocenters. The number of ether oxygens (including phenoxy) is 4. The highest BCUT2D eigenvalue weighted by Crippen LogP contribution is 2.27. The third kappa shape index (κ3) is 23.9. The number of carbonyl (C=O) groups is 2. The van der Waals surface area contributed by atoms with Crippen LogP contribution in [0.5, 0.6) is 17.2 Å². The van der Waals surface area contributed by atoms with Gasteiger partial charge in [0, 0.05) is 18.7 Å². The van der Waals surface area contributed by atoms with E-state index >= 15 is 0 Å². The van der Waals surface area contributed by atoms with Crippen LogP contribution in [0.2, 0.25) is 0 Å². The van der Waals surface area contributed by atoms with E-state index in [1.54, 1.807) is 4.90 Å². The summed E-state index contributed by atoms with van der Waals surface area (Å²) in [6, 6.07) is 27.5. The van der Waals surface area contributed by atoms with Gasteiger partial charge in [0.15, 0.2) is 0 Å². The van der Waals surface area contributed by atoms with Crippen LogP contribution in [-0.4, -0.2) is 62.8 Å². The Labute approximate surface area is 430 Å². The molecule has 0 aliphatic rings. The molecule has 3 N–H and O–H groups in total. The van der Waals surface area contributed by atoms with Gasteiger partial charge in [-0.05, 0) is 97.3 Å². The lowest BCUT2D eigenvalue weighted by Crippen LogP contribution is -2.41. The average Bonchev–Trinajstić information content (AvgIpc) is 3.38. The second kappa shape index (κ2) is 36.1. The van der Waals surface area contributed by atoms with E-state index in [4.69, 9.17) is 24.7 Å². The van der Waals surface area contributed by atoms with Gasteiger partial charge in [0.2, 0.25) is 5.91 Å². The Bertz CT molecular complexity index is 2040. The summed E-state index contributed by atoms with van der Waals surface area (Å²) in [5.41, 5.74) is 13.0. The second-order valence-corrected chi connectivity index (χ2v) is 19.7. The van der Waals surface area contributed by atoms with Crippen molar-refractivity contribution in [2.75, 3.05) is 46.1 Å². The first-order valence-corrected chi connectivity index (χ1v) is 27.8. The molecule has 4 aromatic rings. The molecule has 0 aliphatic carbocycles. The van der Waals surface area contributed by atoms with Crippen LogP contribution < -0.4 is 25.3 Å². The van der Waals surface area contributed by atoms with Gasteiger partial charge < -0.3 is 34.9 Å². The van der Waals surface area contributed by atoms with E-state index in [0.717, 1.165) is 76.3 Å². The summed E-state index contributed by atoms with van der Waals surface area (Å²) in [6.45, 7) is 13.4. The molecule has 0 heterocycles. The topological polar surface area (TPSA) is 112 Å². The molecule has 392 valence electrons. The van der Waals surface area contributed by atoms with Crippen molar-refractivity contribution in [3.8, 4) is 17.2 Å². The van der Waals surface area contributed by atoms with Crippen molar-refractivity contribution in [3.05, 3.63) is 124 Å². The number of hydrogen-bond donors (Lipinski definition) is 2. The van der Waals surface area contributed by atoms with Crippen molar-refractivity contribution in [1.82, 2.24) is 10.2 Å². The van der Waals surface area contributed by atoms with Crippen molar-refractivity contribution in [2.45, 2.75) is 188 Å². The van der Waals surface area contributed by atoms with Gasteiger partial charge in [0.1, 0.15) is 30.4 Å². The number of nitrogens with two attached hydrogens (primary N) is 1. The van der Waals surface area contributed by atoms with Crippen molar-refractivity contribution in [3.63, 3.8) is 0 Å². The fraction of sp³-hybridized carbons (Fsp3) is 0.581. The molecule has 1 atom stereocenters. The van der Waals surface area contributed by atoms with Gasteiger partial charge in [-0.25, -0.2) is 0 Å². The van der Waals surface area contributed by atoms with Crippen LogP contribution in [0.15, 0.2) is 84.9 Å². The number of unbranched alkanes of at least 4 members (excludes halogenated alkanes) is 20. The van der Waals surface area contributed by atoms with Gasteiger partial charge in [-0.3, -0.25) is 9.59 Å². The van der Waals surface area contributed by atoms with Crippen molar-refractivity contribution in [1.29, 1.82) is 0 Å². The third-order valence-electron chi connectivity index (χ3n) is 13.6. The molecule has 4 rings (SSSR count). The number of aryl methyl sites for hydroxylation is 2. The minimum absolute atomic E-state index is 0.115. The van der Waals surface area contributed by atoms with E-state index in [1.807, 2.05) is 98.8 Å². The maximum atomic E-state index is 14.5. The molecule has 2 amide bonds. The van der Waals surface area contributed by atoms with Gasteiger partial charge in [-0.2, -0.15) is 0 Å². The smallest absolute Gasteiger partial charge is 0.254 e. The molecule has 0 bridgehead atoms.